The van der Waals surface area contributed by atoms with Crippen molar-refractivity contribution in [2.24, 2.45) is 0 Å². The lowest BCUT2D eigenvalue weighted by Crippen LogP contribution is -2.09. The molecule has 66 heavy (non-hydrogen) atoms. The first kappa shape index (κ1) is 38.9. The quantitative estimate of drug-likeness (QED) is 0.144. The summed E-state index contributed by atoms with van der Waals surface area (Å²) in [6.07, 6.45) is 0. The van der Waals surface area contributed by atoms with Crippen molar-refractivity contribution in [3.05, 3.63) is 261 Å². The second-order valence-electron chi connectivity index (χ2n) is 16.8. The molecule has 0 spiro atoms. The molecular formula is C64H43NO. The van der Waals surface area contributed by atoms with Gasteiger partial charge in [0.15, 0.2) is 0 Å². The minimum Gasteiger partial charge on any atom is -0.456 e. The third kappa shape index (κ3) is 7.21. The first-order valence-corrected chi connectivity index (χ1v) is 22.6. The van der Waals surface area contributed by atoms with Crippen LogP contribution in [-0.4, -0.2) is 0 Å². The molecule has 0 aliphatic carbocycles. The zero-order chi connectivity index (χ0) is 43.8. The molecule has 0 saturated carbocycles. The number of anilines is 3. The number of para-hydroxylation sites is 1. The van der Waals surface area contributed by atoms with Crippen LogP contribution in [-0.2, 0) is 0 Å². The molecule has 0 bridgehead atoms. The van der Waals surface area contributed by atoms with Crippen molar-refractivity contribution in [1.29, 1.82) is 0 Å². The molecule has 0 radical (unpaired) electrons. The van der Waals surface area contributed by atoms with Crippen LogP contribution in [0.3, 0.4) is 0 Å². The maximum absolute atomic E-state index is 6.27. The summed E-state index contributed by atoms with van der Waals surface area (Å²) in [5.74, 6) is 0. The smallest absolute Gasteiger partial charge is 0.136 e. The number of benzene rings is 11. The number of fused-ring (bicyclic) bond motifs is 4. The van der Waals surface area contributed by atoms with Crippen LogP contribution in [0.1, 0.15) is 0 Å². The van der Waals surface area contributed by atoms with Gasteiger partial charge in [-0.1, -0.05) is 206 Å². The average Bonchev–Trinajstić information content (AvgIpc) is 3.79. The highest BCUT2D eigenvalue weighted by atomic mass is 16.3. The number of nitrogens with zero attached hydrogens (tertiary/aromatic N) is 1. The summed E-state index contributed by atoms with van der Waals surface area (Å²) in [5.41, 5.74) is 19.3. The van der Waals surface area contributed by atoms with Gasteiger partial charge in [0.05, 0.1) is 0 Å². The molecule has 2 nitrogen and oxygen atoms in total. The highest BCUT2D eigenvalue weighted by Gasteiger charge is 2.17. The normalized spacial score (nSPS) is 11.3. The van der Waals surface area contributed by atoms with Gasteiger partial charge in [-0.15, -0.1) is 0 Å². The van der Waals surface area contributed by atoms with Crippen LogP contribution in [0.4, 0.5) is 17.1 Å². The Morgan fingerprint density at radius 2 is 0.667 bits per heavy atom. The van der Waals surface area contributed by atoms with Gasteiger partial charge in [-0.2, -0.15) is 0 Å². The molecule has 310 valence electrons. The largest absolute Gasteiger partial charge is 0.456 e. The molecule has 0 unspecified atom stereocenters. The number of rotatable bonds is 9. The van der Waals surface area contributed by atoms with E-state index < -0.39 is 0 Å². The second-order valence-corrected chi connectivity index (χ2v) is 16.8. The molecule has 0 atom stereocenters. The Bertz CT molecular complexity index is 3640. The number of furan rings is 1. The maximum atomic E-state index is 6.27. The van der Waals surface area contributed by atoms with Crippen molar-refractivity contribution in [2.45, 2.75) is 0 Å². The first-order valence-electron chi connectivity index (χ1n) is 22.6. The predicted octanol–water partition coefficient (Wildman–Crippen LogP) is 18.2. The van der Waals surface area contributed by atoms with Gasteiger partial charge in [-0.3, -0.25) is 0 Å². The van der Waals surface area contributed by atoms with Crippen molar-refractivity contribution in [3.8, 4) is 66.8 Å². The molecule has 12 aromatic rings. The van der Waals surface area contributed by atoms with Crippen molar-refractivity contribution in [3.63, 3.8) is 0 Å². The molecule has 11 aromatic carbocycles. The summed E-state index contributed by atoms with van der Waals surface area (Å²) in [6, 6.07) is 93.8. The zero-order valence-electron chi connectivity index (χ0n) is 36.2. The third-order valence-corrected chi connectivity index (χ3v) is 12.9. The van der Waals surface area contributed by atoms with Gasteiger partial charge in [0.1, 0.15) is 11.2 Å². The van der Waals surface area contributed by atoms with Crippen LogP contribution in [0, 0.1) is 0 Å². The molecule has 12 rings (SSSR count). The second kappa shape index (κ2) is 16.8. The van der Waals surface area contributed by atoms with E-state index in [9.17, 15) is 0 Å². The van der Waals surface area contributed by atoms with Crippen molar-refractivity contribution in [2.75, 3.05) is 4.90 Å². The number of hydrogen-bond donors (Lipinski definition) is 0. The molecule has 0 saturated heterocycles. The van der Waals surface area contributed by atoms with Crippen LogP contribution in [0.5, 0.6) is 0 Å². The third-order valence-electron chi connectivity index (χ3n) is 12.9. The van der Waals surface area contributed by atoms with E-state index in [0.29, 0.717) is 0 Å². The lowest BCUT2D eigenvalue weighted by molar-refractivity contribution is 0.669. The van der Waals surface area contributed by atoms with Crippen LogP contribution in [0.25, 0.3) is 99.5 Å². The summed E-state index contributed by atoms with van der Waals surface area (Å²) < 4.78 is 6.27. The van der Waals surface area contributed by atoms with Gasteiger partial charge in [0.2, 0.25) is 0 Å². The predicted molar refractivity (Wildman–Crippen MR) is 279 cm³/mol. The molecule has 0 aliphatic rings. The van der Waals surface area contributed by atoms with E-state index in [1.54, 1.807) is 0 Å². The van der Waals surface area contributed by atoms with E-state index in [1.807, 2.05) is 12.1 Å². The Labute approximate surface area is 384 Å². The summed E-state index contributed by atoms with van der Waals surface area (Å²) in [7, 11) is 0. The van der Waals surface area contributed by atoms with E-state index in [4.69, 9.17) is 4.42 Å². The molecular weight excluding hydrogens is 799 g/mol. The van der Waals surface area contributed by atoms with E-state index in [-0.39, 0.29) is 0 Å². The Hall–Kier alpha value is -8.72. The van der Waals surface area contributed by atoms with E-state index in [2.05, 4.69) is 254 Å². The standard InChI is InChI=1S/C64H43NO/c1-3-13-44(14-4-1)52-35-42-58(47-15-5-2-6-16-47)61(43-52)51-33-40-55(41-34-51)65(54-38-31-50(32-39-54)59-22-12-24-63-64(59)60-20-9-10-23-62(60)66-63)53-36-29-46(30-37-53)45-25-27-49(28-26-45)57-21-11-18-48-17-7-8-19-56(48)57/h1-43H. The highest BCUT2D eigenvalue weighted by Crippen LogP contribution is 2.42. The van der Waals surface area contributed by atoms with Crippen LogP contribution < -0.4 is 4.90 Å². The van der Waals surface area contributed by atoms with Gasteiger partial charge in [-0.25, -0.2) is 0 Å². The van der Waals surface area contributed by atoms with Crippen molar-refractivity contribution < 1.29 is 4.42 Å². The summed E-state index contributed by atoms with van der Waals surface area (Å²) in [4.78, 5) is 2.35. The number of hydrogen-bond acceptors (Lipinski definition) is 2. The van der Waals surface area contributed by atoms with Gasteiger partial charge in [-0.05, 0) is 132 Å². The fraction of sp³-hybridized carbons (Fsp3) is 0. The Morgan fingerprint density at radius 3 is 1.35 bits per heavy atom. The highest BCUT2D eigenvalue weighted by molar-refractivity contribution is 6.12. The fourth-order valence-electron chi connectivity index (χ4n) is 9.63. The topological polar surface area (TPSA) is 16.4 Å². The SMILES string of the molecule is c1ccc(-c2ccc(-c3ccccc3)c(-c3ccc(N(c4ccc(-c5ccc(-c6cccc7ccccc67)cc5)cc4)c4ccc(-c5cccc6oc7ccccc7c56)cc4)cc3)c2)cc1. The first-order chi connectivity index (χ1) is 32.7. The molecule has 0 amide bonds. The molecule has 0 fully saturated rings. The van der Waals surface area contributed by atoms with Crippen LogP contribution in [0.15, 0.2) is 265 Å². The minimum absolute atomic E-state index is 0.896. The summed E-state index contributed by atoms with van der Waals surface area (Å²) >= 11 is 0. The molecule has 1 aromatic heterocycles. The summed E-state index contributed by atoms with van der Waals surface area (Å²) in [5, 5.41) is 4.78. The zero-order valence-corrected chi connectivity index (χ0v) is 36.2. The lowest BCUT2D eigenvalue weighted by atomic mass is 9.91. The Morgan fingerprint density at radius 1 is 0.242 bits per heavy atom. The van der Waals surface area contributed by atoms with E-state index in [1.165, 1.54) is 60.8 Å². The minimum atomic E-state index is 0.896. The molecule has 1 heterocycles. The Kier molecular flexibility index (Phi) is 9.89. The van der Waals surface area contributed by atoms with Gasteiger partial charge >= 0.3 is 0 Å². The maximum Gasteiger partial charge on any atom is 0.136 e. The van der Waals surface area contributed by atoms with Crippen molar-refractivity contribution >= 4 is 49.8 Å². The lowest BCUT2D eigenvalue weighted by Gasteiger charge is -2.26. The van der Waals surface area contributed by atoms with E-state index in [0.717, 1.165) is 55.7 Å². The fourth-order valence-corrected chi connectivity index (χ4v) is 9.63. The van der Waals surface area contributed by atoms with Crippen molar-refractivity contribution in [1.82, 2.24) is 0 Å². The van der Waals surface area contributed by atoms with Crippen LogP contribution >= 0.6 is 0 Å². The Balaban J connectivity index is 0.926. The molecule has 0 N–H and O–H groups in total. The molecule has 2 heteroatoms. The summed E-state index contributed by atoms with van der Waals surface area (Å²) in [6.45, 7) is 0. The van der Waals surface area contributed by atoms with Crippen LogP contribution in [0.2, 0.25) is 0 Å². The monoisotopic (exact) mass is 841 g/mol. The van der Waals surface area contributed by atoms with Gasteiger partial charge in [0.25, 0.3) is 0 Å². The molecule has 0 aliphatic heterocycles. The van der Waals surface area contributed by atoms with E-state index >= 15 is 0 Å². The van der Waals surface area contributed by atoms with Gasteiger partial charge in [0, 0.05) is 27.8 Å². The average molecular weight is 842 g/mol. The van der Waals surface area contributed by atoms with Gasteiger partial charge < -0.3 is 9.32 Å².